The largest absolute Gasteiger partial charge is 0.711 e. The molecule has 0 aliphatic rings. The molecule has 3 heterocycles. The number of imidazole rings is 1. The topological polar surface area (TPSA) is 112 Å². The van der Waals surface area contributed by atoms with E-state index < -0.39 is 0 Å². The second-order valence-electron chi connectivity index (χ2n) is 8.09. The average Bonchev–Trinajstić information content (AvgIpc) is 3.54. The van der Waals surface area contributed by atoms with Crippen molar-refractivity contribution in [3.63, 3.8) is 0 Å². The Labute approximate surface area is 196 Å². The van der Waals surface area contributed by atoms with Crippen LogP contribution in [0.5, 0.6) is 0 Å². The van der Waals surface area contributed by atoms with Gasteiger partial charge < -0.3 is 9.77 Å². The van der Waals surface area contributed by atoms with E-state index in [4.69, 9.17) is 4.98 Å². The molecule has 1 N–H and O–H groups in total. The van der Waals surface area contributed by atoms with Gasteiger partial charge in [-0.05, 0) is 28.3 Å². The molecule has 9 nitrogen and oxygen atoms in total. The molecule has 5 rings (SSSR count). The van der Waals surface area contributed by atoms with E-state index in [1.54, 1.807) is 6.20 Å². The lowest BCUT2D eigenvalue weighted by Gasteiger charge is -2.10. The van der Waals surface area contributed by atoms with E-state index in [-0.39, 0.29) is 0 Å². The smallest absolute Gasteiger partial charge is 0.289 e. The minimum absolute atomic E-state index is 0.570. The quantitative estimate of drug-likeness (QED) is 0.283. The van der Waals surface area contributed by atoms with Gasteiger partial charge in [-0.25, -0.2) is 9.71 Å². The third kappa shape index (κ3) is 4.54. The normalized spacial score (nSPS) is 11.1. The average molecular weight is 453 g/mol. The van der Waals surface area contributed by atoms with Gasteiger partial charge in [-0.3, -0.25) is 0 Å². The SMILES string of the molecule is CCCCc1nc(-c2cnc[n+]([O-])c2)cn1Cc1ccc(-c2ccccc2-c2nn[nH]n2)cc1. The first-order valence-electron chi connectivity index (χ1n) is 11.2. The Hall–Kier alpha value is -4.40. The number of aromatic nitrogens is 8. The molecule has 2 aromatic carbocycles. The summed E-state index contributed by atoms with van der Waals surface area (Å²) in [6.07, 6.45) is 9.42. The summed E-state index contributed by atoms with van der Waals surface area (Å²) < 4.78 is 2.86. The van der Waals surface area contributed by atoms with E-state index in [0.29, 0.717) is 22.7 Å². The molecule has 9 heteroatoms. The zero-order valence-corrected chi connectivity index (χ0v) is 18.8. The second-order valence-corrected chi connectivity index (χ2v) is 8.09. The lowest BCUT2D eigenvalue weighted by molar-refractivity contribution is -0.608. The highest BCUT2D eigenvalue weighted by atomic mass is 16.5. The van der Waals surface area contributed by atoms with E-state index in [1.165, 1.54) is 12.5 Å². The molecule has 0 bridgehead atoms. The number of nitrogens with one attached hydrogen (secondary N) is 1. The van der Waals surface area contributed by atoms with Crippen LogP contribution in [-0.4, -0.2) is 35.2 Å². The molecule has 0 fully saturated rings. The molecule has 3 aromatic heterocycles. The van der Waals surface area contributed by atoms with Crippen molar-refractivity contribution in [1.82, 2.24) is 35.2 Å². The Morgan fingerprint density at radius 2 is 1.85 bits per heavy atom. The number of benzene rings is 2. The number of aryl methyl sites for hydroxylation is 1. The van der Waals surface area contributed by atoms with Gasteiger partial charge in [-0.1, -0.05) is 66.9 Å². The maximum Gasteiger partial charge on any atom is 0.289 e. The second kappa shape index (κ2) is 9.62. The first-order chi connectivity index (χ1) is 16.7. The zero-order chi connectivity index (χ0) is 23.3. The van der Waals surface area contributed by atoms with Crippen LogP contribution in [0.3, 0.4) is 0 Å². The van der Waals surface area contributed by atoms with E-state index in [9.17, 15) is 5.21 Å². The summed E-state index contributed by atoms with van der Waals surface area (Å²) in [5.74, 6) is 1.57. The number of aromatic amines is 1. The molecule has 0 atom stereocenters. The van der Waals surface area contributed by atoms with Crippen molar-refractivity contribution in [1.29, 1.82) is 0 Å². The van der Waals surface area contributed by atoms with Gasteiger partial charge >= 0.3 is 0 Å². The van der Waals surface area contributed by atoms with Crippen molar-refractivity contribution in [2.45, 2.75) is 32.7 Å². The fourth-order valence-electron chi connectivity index (χ4n) is 3.97. The molecule has 0 spiro atoms. The number of tetrazole rings is 1. The number of rotatable bonds is 8. The van der Waals surface area contributed by atoms with Crippen molar-refractivity contribution in [2.24, 2.45) is 0 Å². The summed E-state index contributed by atoms with van der Waals surface area (Å²) in [7, 11) is 0. The van der Waals surface area contributed by atoms with E-state index in [1.807, 2.05) is 24.4 Å². The number of hydrogen-bond donors (Lipinski definition) is 1. The monoisotopic (exact) mass is 452 g/mol. The van der Waals surface area contributed by atoms with Crippen molar-refractivity contribution in [3.05, 3.63) is 90.0 Å². The summed E-state index contributed by atoms with van der Waals surface area (Å²) in [6.45, 7) is 2.86. The number of hydrogen-bond acceptors (Lipinski definition) is 6. The van der Waals surface area contributed by atoms with Gasteiger partial charge in [0, 0.05) is 24.7 Å². The number of H-pyrrole nitrogens is 1. The first-order valence-corrected chi connectivity index (χ1v) is 11.2. The Balaban J connectivity index is 1.42. The van der Waals surface area contributed by atoms with Gasteiger partial charge in [-0.2, -0.15) is 5.21 Å². The molecule has 170 valence electrons. The molecule has 0 saturated carbocycles. The maximum atomic E-state index is 11.7. The highest BCUT2D eigenvalue weighted by Gasteiger charge is 2.14. The Morgan fingerprint density at radius 1 is 1.03 bits per heavy atom. The minimum Gasteiger partial charge on any atom is -0.711 e. The molecule has 5 aromatic rings. The predicted molar refractivity (Wildman–Crippen MR) is 127 cm³/mol. The highest BCUT2D eigenvalue weighted by molar-refractivity contribution is 5.80. The van der Waals surface area contributed by atoms with Gasteiger partial charge in [0.25, 0.3) is 6.33 Å². The molecule has 0 saturated heterocycles. The fourth-order valence-corrected chi connectivity index (χ4v) is 3.97. The lowest BCUT2D eigenvalue weighted by atomic mass is 9.98. The molecular formula is C25H24N8O. The number of unbranched alkanes of at least 4 members (excludes halogenated alkanes) is 1. The van der Waals surface area contributed by atoms with Crippen molar-refractivity contribution < 1.29 is 4.73 Å². The first kappa shape index (κ1) is 21.4. The summed E-state index contributed by atoms with van der Waals surface area (Å²) in [5, 5.41) is 26.1. The van der Waals surface area contributed by atoms with E-state index >= 15 is 0 Å². The molecular weight excluding hydrogens is 428 g/mol. The van der Waals surface area contributed by atoms with Gasteiger partial charge in [-0.15, -0.1) is 10.2 Å². The Morgan fingerprint density at radius 3 is 2.59 bits per heavy atom. The van der Waals surface area contributed by atoms with Crippen LogP contribution in [0.1, 0.15) is 31.2 Å². The summed E-state index contributed by atoms with van der Waals surface area (Å²) in [6, 6.07) is 16.5. The molecule has 0 aliphatic heterocycles. The maximum absolute atomic E-state index is 11.7. The summed E-state index contributed by atoms with van der Waals surface area (Å²) in [4.78, 5) is 8.80. The van der Waals surface area contributed by atoms with Gasteiger partial charge in [0.2, 0.25) is 5.82 Å². The van der Waals surface area contributed by atoms with E-state index in [2.05, 4.69) is 67.4 Å². The third-order valence-corrected chi connectivity index (χ3v) is 5.70. The van der Waals surface area contributed by atoms with Gasteiger partial charge in [0.15, 0.2) is 6.20 Å². The van der Waals surface area contributed by atoms with Gasteiger partial charge in [0.1, 0.15) is 12.0 Å². The van der Waals surface area contributed by atoms with Crippen LogP contribution in [0.2, 0.25) is 0 Å². The number of nitrogens with zero attached hydrogens (tertiary/aromatic N) is 7. The van der Waals surface area contributed by atoms with Crippen molar-refractivity contribution in [3.8, 4) is 33.8 Å². The van der Waals surface area contributed by atoms with Crippen LogP contribution < -0.4 is 4.73 Å². The summed E-state index contributed by atoms with van der Waals surface area (Å²) in [5.41, 5.74) is 5.69. The van der Waals surface area contributed by atoms with Crippen LogP contribution in [0, 0.1) is 5.21 Å². The van der Waals surface area contributed by atoms with Crippen LogP contribution in [0.25, 0.3) is 33.8 Å². The lowest BCUT2D eigenvalue weighted by Crippen LogP contribution is -2.25. The Kier molecular flexibility index (Phi) is 6.07. The van der Waals surface area contributed by atoms with E-state index in [0.717, 1.165) is 53.0 Å². The summed E-state index contributed by atoms with van der Waals surface area (Å²) >= 11 is 0. The van der Waals surface area contributed by atoms with Crippen LogP contribution in [0.4, 0.5) is 0 Å². The fraction of sp³-hybridized carbons (Fsp3) is 0.200. The predicted octanol–water partition coefficient (Wildman–Crippen LogP) is 3.82. The molecule has 0 radical (unpaired) electrons. The van der Waals surface area contributed by atoms with Crippen LogP contribution >= 0.6 is 0 Å². The van der Waals surface area contributed by atoms with Crippen LogP contribution in [0.15, 0.2) is 73.4 Å². The van der Waals surface area contributed by atoms with Crippen LogP contribution in [-0.2, 0) is 13.0 Å². The molecule has 0 aliphatic carbocycles. The Bertz CT molecular complexity index is 1380. The standard InChI is InChI=1S/C25H24N8O/c1-2-3-8-24-27-23(20-13-26-17-33(34)15-20)16-32(24)14-18-9-11-19(12-10-18)21-6-4-5-7-22(21)25-28-30-31-29-25/h4-7,9-13,15-17H,2-3,8,14H2,1H3,(H,28,29,30,31). The van der Waals surface area contributed by atoms with Crippen molar-refractivity contribution in [2.75, 3.05) is 0 Å². The third-order valence-electron chi connectivity index (χ3n) is 5.70. The molecule has 0 amide bonds. The zero-order valence-electron chi connectivity index (χ0n) is 18.8. The minimum atomic E-state index is 0.570. The van der Waals surface area contributed by atoms with Crippen molar-refractivity contribution >= 4 is 0 Å². The molecule has 34 heavy (non-hydrogen) atoms. The molecule has 0 unspecified atom stereocenters. The highest BCUT2D eigenvalue weighted by Crippen LogP contribution is 2.30. The van der Waals surface area contributed by atoms with Gasteiger partial charge in [0.05, 0.1) is 11.3 Å².